The van der Waals surface area contributed by atoms with Crippen LogP contribution in [0.3, 0.4) is 0 Å². The van der Waals surface area contributed by atoms with Gasteiger partial charge in [0.05, 0.1) is 6.26 Å². The number of carboxylic acids is 1. The third-order valence-corrected chi connectivity index (χ3v) is 5.27. The van der Waals surface area contributed by atoms with Gasteiger partial charge in [0.2, 0.25) is 15.9 Å². The molecule has 2 aliphatic heterocycles. The third kappa shape index (κ3) is 2.95. The number of likely N-dealkylation sites (tertiary alicyclic amines) is 1. The molecule has 2 heterocycles. The average Bonchev–Trinajstić information content (AvgIpc) is 2.86. The van der Waals surface area contributed by atoms with Crippen LogP contribution in [0.15, 0.2) is 0 Å². The summed E-state index contributed by atoms with van der Waals surface area (Å²) in [6.07, 6.45) is 4.17. The molecule has 2 atom stereocenters. The fourth-order valence-corrected chi connectivity index (χ4v) is 4.15. The van der Waals surface area contributed by atoms with Gasteiger partial charge in [0, 0.05) is 13.1 Å². The number of rotatable bonds is 3. The van der Waals surface area contributed by atoms with E-state index in [2.05, 4.69) is 0 Å². The highest BCUT2D eigenvalue weighted by Crippen LogP contribution is 2.25. The van der Waals surface area contributed by atoms with Gasteiger partial charge < -0.3 is 10.0 Å². The van der Waals surface area contributed by atoms with Crippen LogP contribution in [0.25, 0.3) is 0 Å². The zero-order chi connectivity index (χ0) is 14.9. The van der Waals surface area contributed by atoms with E-state index in [-0.39, 0.29) is 5.91 Å². The van der Waals surface area contributed by atoms with Crippen molar-refractivity contribution < 1.29 is 23.1 Å². The fourth-order valence-electron chi connectivity index (χ4n) is 3.03. The number of carboxylic acid groups (broad SMARTS) is 1. The topological polar surface area (TPSA) is 95.0 Å². The van der Waals surface area contributed by atoms with Crippen LogP contribution in [-0.4, -0.2) is 66.0 Å². The second-order valence-corrected chi connectivity index (χ2v) is 7.35. The number of hydrogen-bond donors (Lipinski definition) is 1. The van der Waals surface area contributed by atoms with Crippen LogP contribution < -0.4 is 0 Å². The van der Waals surface area contributed by atoms with Gasteiger partial charge in [-0.3, -0.25) is 4.79 Å². The Morgan fingerprint density at radius 3 is 2.30 bits per heavy atom. The van der Waals surface area contributed by atoms with Crippen molar-refractivity contribution in [2.45, 2.75) is 44.2 Å². The molecule has 2 rings (SSSR count). The first-order chi connectivity index (χ1) is 9.32. The van der Waals surface area contributed by atoms with Crippen LogP contribution in [0.1, 0.15) is 32.1 Å². The number of hydrogen-bond acceptors (Lipinski definition) is 4. The summed E-state index contributed by atoms with van der Waals surface area (Å²) in [4.78, 5) is 25.0. The number of aliphatic carboxylic acids is 1. The van der Waals surface area contributed by atoms with Gasteiger partial charge in [-0.25, -0.2) is 13.2 Å². The van der Waals surface area contributed by atoms with E-state index in [0.717, 1.165) is 19.1 Å². The molecule has 2 aliphatic rings. The maximum Gasteiger partial charge on any atom is 0.326 e. The number of amides is 1. The summed E-state index contributed by atoms with van der Waals surface area (Å²) in [5, 5.41) is 9.13. The van der Waals surface area contributed by atoms with E-state index < -0.39 is 28.1 Å². The Bertz CT molecular complexity index is 504. The van der Waals surface area contributed by atoms with E-state index in [1.807, 2.05) is 0 Å². The highest BCUT2D eigenvalue weighted by Gasteiger charge is 2.42. The summed E-state index contributed by atoms with van der Waals surface area (Å²) in [6, 6.07) is -1.55. The third-order valence-electron chi connectivity index (χ3n) is 3.99. The average molecular weight is 304 g/mol. The molecule has 0 aromatic heterocycles. The van der Waals surface area contributed by atoms with Gasteiger partial charge in [0.1, 0.15) is 12.1 Å². The first kappa shape index (κ1) is 15.2. The van der Waals surface area contributed by atoms with E-state index in [1.54, 1.807) is 0 Å². The Balaban J connectivity index is 2.20. The molecule has 0 aromatic carbocycles. The first-order valence-corrected chi connectivity index (χ1v) is 8.67. The lowest BCUT2D eigenvalue weighted by molar-refractivity contribution is -0.150. The second kappa shape index (κ2) is 5.69. The van der Waals surface area contributed by atoms with Crippen LogP contribution in [0, 0.1) is 0 Å². The molecule has 1 unspecified atom stereocenters. The second-order valence-electron chi connectivity index (χ2n) is 5.41. The summed E-state index contributed by atoms with van der Waals surface area (Å²) in [5.74, 6) is -1.38. The fraction of sp³-hybridized carbons (Fsp3) is 0.833. The van der Waals surface area contributed by atoms with Crippen molar-refractivity contribution in [2.24, 2.45) is 0 Å². The molecule has 8 heteroatoms. The summed E-state index contributed by atoms with van der Waals surface area (Å²) in [5.41, 5.74) is 0. The lowest BCUT2D eigenvalue weighted by Crippen LogP contribution is -2.54. The van der Waals surface area contributed by atoms with E-state index in [0.29, 0.717) is 32.4 Å². The molecule has 0 spiro atoms. The van der Waals surface area contributed by atoms with Gasteiger partial charge >= 0.3 is 5.97 Å². The molecule has 0 saturated carbocycles. The largest absolute Gasteiger partial charge is 0.480 e. The quantitative estimate of drug-likeness (QED) is 0.784. The monoisotopic (exact) mass is 304 g/mol. The molecule has 1 N–H and O–H groups in total. The highest BCUT2D eigenvalue weighted by molar-refractivity contribution is 7.88. The van der Waals surface area contributed by atoms with Crippen molar-refractivity contribution in [3.8, 4) is 0 Å². The van der Waals surface area contributed by atoms with E-state index >= 15 is 0 Å². The van der Waals surface area contributed by atoms with E-state index in [4.69, 9.17) is 5.11 Å². The first-order valence-electron chi connectivity index (χ1n) is 6.82. The molecule has 1 amide bonds. The van der Waals surface area contributed by atoms with Crippen molar-refractivity contribution in [3.05, 3.63) is 0 Å². The van der Waals surface area contributed by atoms with Gasteiger partial charge in [-0.15, -0.1) is 0 Å². The van der Waals surface area contributed by atoms with Crippen LogP contribution in [0.5, 0.6) is 0 Å². The molecule has 0 aromatic rings. The standard InChI is InChI=1S/C12H20N2O5S/c1-20(18,19)14-8-3-2-5-9(14)11(15)13-7-4-6-10(13)12(16)17/h9-10H,2-8H2,1H3,(H,16,17)/t9?,10-/m1/s1. The zero-order valence-electron chi connectivity index (χ0n) is 11.5. The predicted octanol–water partition coefficient (Wildman–Crippen LogP) is -0.124. The maximum absolute atomic E-state index is 12.5. The molecule has 2 saturated heterocycles. The highest BCUT2D eigenvalue weighted by atomic mass is 32.2. The summed E-state index contributed by atoms with van der Waals surface area (Å²) < 4.78 is 24.8. The predicted molar refractivity (Wildman–Crippen MR) is 71.6 cm³/mol. The van der Waals surface area contributed by atoms with Crippen molar-refractivity contribution in [1.29, 1.82) is 0 Å². The molecule has 7 nitrogen and oxygen atoms in total. The molecule has 2 fully saturated rings. The molecule has 0 aliphatic carbocycles. The summed E-state index contributed by atoms with van der Waals surface area (Å²) >= 11 is 0. The summed E-state index contributed by atoms with van der Waals surface area (Å²) in [6.45, 7) is 0.727. The van der Waals surface area contributed by atoms with Crippen molar-refractivity contribution in [2.75, 3.05) is 19.3 Å². The molecule has 20 heavy (non-hydrogen) atoms. The SMILES string of the molecule is CS(=O)(=O)N1CCCCC1C(=O)N1CCC[C@@H]1C(=O)O. The minimum absolute atomic E-state index is 0.334. The lowest BCUT2D eigenvalue weighted by atomic mass is 10.0. The number of carbonyl (C=O) groups is 2. The van der Waals surface area contributed by atoms with Gasteiger partial charge in [0.25, 0.3) is 0 Å². The van der Waals surface area contributed by atoms with E-state index in [1.165, 1.54) is 9.21 Å². The van der Waals surface area contributed by atoms with Crippen LogP contribution in [0.4, 0.5) is 0 Å². The Kier molecular flexibility index (Phi) is 4.33. The van der Waals surface area contributed by atoms with Gasteiger partial charge in [0.15, 0.2) is 0 Å². The Morgan fingerprint density at radius 2 is 1.70 bits per heavy atom. The summed E-state index contributed by atoms with van der Waals surface area (Å²) in [7, 11) is -3.45. The number of carbonyl (C=O) groups excluding carboxylic acids is 1. The normalized spacial score (nSPS) is 28.6. The molecular weight excluding hydrogens is 284 g/mol. The molecule has 114 valence electrons. The van der Waals surface area contributed by atoms with E-state index in [9.17, 15) is 18.0 Å². The lowest BCUT2D eigenvalue weighted by Gasteiger charge is -2.36. The van der Waals surface area contributed by atoms with Crippen LogP contribution in [0.2, 0.25) is 0 Å². The van der Waals surface area contributed by atoms with Crippen molar-refractivity contribution in [3.63, 3.8) is 0 Å². The van der Waals surface area contributed by atoms with Gasteiger partial charge in [-0.05, 0) is 25.7 Å². The minimum Gasteiger partial charge on any atom is -0.480 e. The Labute approximate surface area is 118 Å². The van der Waals surface area contributed by atoms with Crippen LogP contribution in [-0.2, 0) is 19.6 Å². The van der Waals surface area contributed by atoms with Gasteiger partial charge in [-0.2, -0.15) is 4.31 Å². The number of nitrogens with zero attached hydrogens (tertiary/aromatic N) is 2. The Hall–Kier alpha value is -1.15. The smallest absolute Gasteiger partial charge is 0.326 e. The number of piperidine rings is 1. The van der Waals surface area contributed by atoms with Crippen molar-refractivity contribution in [1.82, 2.24) is 9.21 Å². The Morgan fingerprint density at radius 1 is 1.05 bits per heavy atom. The minimum atomic E-state index is -3.45. The van der Waals surface area contributed by atoms with Gasteiger partial charge in [-0.1, -0.05) is 6.42 Å². The molecule has 0 radical (unpaired) electrons. The zero-order valence-corrected chi connectivity index (χ0v) is 12.3. The molecular formula is C12H20N2O5S. The number of sulfonamides is 1. The molecule has 0 bridgehead atoms. The van der Waals surface area contributed by atoms with Crippen LogP contribution >= 0.6 is 0 Å². The maximum atomic E-state index is 12.5. The van der Waals surface area contributed by atoms with Crippen molar-refractivity contribution >= 4 is 21.9 Å².